The first-order valence-corrected chi connectivity index (χ1v) is 6.58. The van der Waals surface area contributed by atoms with Gasteiger partial charge in [-0.05, 0) is 24.0 Å². The molecule has 100 valence electrons. The van der Waals surface area contributed by atoms with Crippen molar-refractivity contribution in [1.29, 1.82) is 0 Å². The molecule has 0 N–H and O–H groups in total. The summed E-state index contributed by atoms with van der Waals surface area (Å²) in [5.74, 6) is 1.01. The summed E-state index contributed by atoms with van der Waals surface area (Å²) < 4.78 is 5.55. The quantitative estimate of drug-likeness (QED) is 0.425. The van der Waals surface area contributed by atoms with Crippen molar-refractivity contribution in [2.45, 2.75) is 32.6 Å². The Morgan fingerprint density at radius 2 is 2.22 bits per heavy atom. The Balaban J connectivity index is 2.80. The molecule has 0 aromatic heterocycles. The van der Waals surface area contributed by atoms with Gasteiger partial charge in [-0.15, -0.1) is 11.6 Å². The fourth-order valence-corrected chi connectivity index (χ4v) is 1.88. The van der Waals surface area contributed by atoms with Gasteiger partial charge >= 0.3 is 5.69 Å². The third kappa shape index (κ3) is 4.18. The standard InChI is InChI=1S/C13H18ClNO3/c1-3-4-10(2)9-18-13-7-11(8-14)5-6-12(13)15(16)17/h5-7,10H,3-4,8-9H2,1-2H3. The number of nitro benzene ring substituents is 1. The molecule has 4 nitrogen and oxygen atoms in total. The van der Waals surface area contributed by atoms with Crippen molar-refractivity contribution < 1.29 is 9.66 Å². The number of halogens is 1. The van der Waals surface area contributed by atoms with E-state index in [1.54, 1.807) is 12.1 Å². The minimum absolute atomic E-state index is 0.00688. The molecule has 0 saturated carbocycles. The van der Waals surface area contributed by atoms with Crippen molar-refractivity contribution in [2.75, 3.05) is 6.61 Å². The normalized spacial score (nSPS) is 12.2. The molecule has 1 atom stereocenters. The van der Waals surface area contributed by atoms with E-state index in [2.05, 4.69) is 13.8 Å². The van der Waals surface area contributed by atoms with E-state index in [4.69, 9.17) is 16.3 Å². The van der Waals surface area contributed by atoms with Crippen molar-refractivity contribution in [3.05, 3.63) is 33.9 Å². The predicted octanol–water partition coefficient (Wildman–Crippen LogP) is 4.15. The molecule has 0 heterocycles. The Morgan fingerprint density at radius 3 is 2.78 bits per heavy atom. The van der Waals surface area contributed by atoms with Gasteiger partial charge in [0.1, 0.15) is 0 Å². The van der Waals surface area contributed by atoms with E-state index in [0.717, 1.165) is 18.4 Å². The van der Waals surface area contributed by atoms with Crippen LogP contribution in [0.25, 0.3) is 0 Å². The Morgan fingerprint density at radius 1 is 1.50 bits per heavy atom. The second-order valence-corrected chi connectivity index (χ2v) is 4.66. The summed E-state index contributed by atoms with van der Waals surface area (Å²) in [6, 6.07) is 4.73. The third-order valence-electron chi connectivity index (χ3n) is 2.68. The van der Waals surface area contributed by atoms with Crippen LogP contribution in [0.5, 0.6) is 5.75 Å². The first kappa shape index (κ1) is 14.8. The van der Waals surface area contributed by atoms with Gasteiger partial charge in [0.25, 0.3) is 0 Å². The molecular weight excluding hydrogens is 254 g/mol. The Kier molecular flexibility index (Phi) is 5.92. The number of nitro groups is 1. The van der Waals surface area contributed by atoms with Crippen molar-refractivity contribution >= 4 is 17.3 Å². The summed E-state index contributed by atoms with van der Waals surface area (Å²) >= 11 is 5.72. The van der Waals surface area contributed by atoms with Crippen molar-refractivity contribution in [2.24, 2.45) is 5.92 Å². The molecule has 0 saturated heterocycles. The molecule has 0 fully saturated rings. The molecule has 1 rings (SSSR count). The summed E-state index contributed by atoms with van der Waals surface area (Å²) in [6.45, 7) is 4.66. The zero-order valence-corrected chi connectivity index (χ0v) is 11.4. The van der Waals surface area contributed by atoms with Crippen LogP contribution in [0, 0.1) is 16.0 Å². The topological polar surface area (TPSA) is 52.4 Å². The number of rotatable bonds is 7. The molecule has 0 radical (unpaired) electrons. The summed E-state index contributed by atoms with van der Waals surface area (Å²) in [5.41, 5.74) is 0.813. The van der Waals surface area contributed by atoms with Gasteiger partial charge in [0.05, 0.1) is 11.5 Å². The second-order valence-electron chi connectivity index (χ2n) is 4.40. The minimum Gasteiger partial charge on any atom is -0.487 e. The molecule has 0 bridgehead atoms. The van der Waals surface area contributed by atoms with E-state index < -0.39 is 4.92 Å². The monoisotopic (exact) mass is 271 g/mol. The van der Waals surface area contributed by atoms with Gasteiger partial charge in [-0.1, -0.05) is 26.3 Å². The summed E-state index contributed by atoms with van der Waals surface area (Å²) in [4.78, 5) is 10.5. The number of benzene rings is 1. The van der Waals surface area contributed by atoms with Gasteiger partial charge in [-0.2, -0.15) is 0 Å². The lowest BCUT2D eigenvalue weighted by Crippen LogP contribution is -2.09. The van der Waals surface area contributed by atoms with Crippen LogP contribution in [0.4, 0.5) is 5.69 Å². The highest BCUT2D eigenvalue weighted by Crippen LogP contribution is 2.29. The van der Waals surface area contributed by atoms with Crippen LogP contribution in [-0.4, -0.2) is 11.5 Å². The van der Waals surface area contributed by atoms with E-state index >= 15 is 0 Å². The number of hydrogen-bond acceptors (Lipinski definition) is 3. The molecule has 0 aliphatic rings. The van der Waals surface area contributed by atoms with Crippen LogP contribution in [0.1, 0.15) is 32.3 Å². The maximum absolute atomic E-state index is 10.9. The van der Waals surface area contributed by atoms with E-state index in [-0.39, 0.29) is 5.69 Å². The summed E-state index contributed by atoms with van der Waals surface area (Å²) in [6.07, 6.45) is 2.12. The summed E-state index contributed by atoms with van der Waals surface area (Å²) in [5, 5.41) is 10.9. The molecule has 1 aromatic carbocycles. The molecule has 0 spiro atoms. The van der Waals surface area contributed by atoms with Crippen LogP contribution in [0.3, 0.4) is 0 Å². The van der Waals surface area contributed by atoms with Crippen LogP contribution >= 0.6 is 11.6 Å². The van der Waals surface area contributed by atoms with Crippen LogP contribution in [0.15, 0.2) is 18.2 Å². The van der Waals surface area contributed by atoms with Crippen LogP contribution in [-0.2, 0) is 5.88 Å². The third-order valence-corrected chi connectivity index (χ3v) is 2.99. The highest BCUT2D eigenvalue weighted by molar-refractivity contribution is 6.17. The molecule has 0 aliphatic carbocycles. The number of nitrogens with zero attached hydrogens (tertiary/aromatic N) is 1. The van der Waals surface area contributed by atoms with Gasteiger partial charge in [0.2, 0.25) is 0 Å². The largest absolute Gasteiger partial charge is 0.487 e. The number of alkyl halides is 1. The fraction of sp³-hybridized carbons (Fsp3) is 0.538. The fourth-order valence-electron chi connectivity index (χ4n) is 1.72. The predicted molar refractivity (Wildman–Crippen MR) is 72.2 cm³/mol. The second kappa shape index (κ2) is 7.21. The maximum Gasteiger partial charge on any atom is 0.310 e. The van der Waals surface area contributed by atoms with E-state index in [1.807, 2.05) is 0 Å². The average molecular weight is 272 g/mol. The zero-order chi connectivity index (χ0) is 13.5. The molecular formula is C13H18ClNO3. The lowest BCUT2D eigenvalue weighted by Gasteiger charge is -2.12. The smallest absolute Gasteiger partial charge is 0.310 e. The lowest BCUT2D eigenvalue weighted by atomic mass is 10.1. The van der Waals surface area contributed by atoms with Crippen LogP contribution in [0.2, 0.25) is 0 Å². The van der Waals surface area contributed by atoms with E-state index in [0.29, 0.717) is 24.2 Å². The highest BCUT2D eigenvalue weighted by Gasteiger charge is 2.16. The van der Waals surface area contributed by atoms with Crippen molar-refractivity contribution in [1.82, 2.24) is 0 Å². The molecule has 1 unspecified atom stereocenters. The maximum atomic E-state index is 10.9. The van der Waals surface area contributed by atoms with Gasteiger partial charge in [0.15, 0.2) is 5.75 Å². The SMILES string of the molecule is CCCC(C)COc1cc(CCl)ccc1[N+](=O)[O-]. The first-order valence-electron chi connectivity index (χ1n) is 6.04. The van der Waals surface area contributed by atoms with Gasteiger partial charge in [-0.25, -0.2) is 0 Å². The molecule has 0 amide bonds. The van der Waals surface area contributed by atoms with Gasteiger partial charge in [0, 0.05) is 11.9 Å². The van der Waals surface area contributed by atoms with E-state index in [9.17, 15) is 10.1 Å². The lowest BCUT2D eigenvalue weighted by molar-refractivity contribution is -0.385. The first-order chi connectivity index (χ1) is 8.58. The minimum atomic E-state index is -0.433. The highest BCUT2D eigenvalue weighted by atomic mass is 35.5. The average Bonchev–Trinajstić information content (AvgIpc) is 2.36. The van der Waals surface area contributed by atoms with Crippen molar-refractivity contribution in [3.8, 4) is 5.75 Å². The number of ether oxygens (including phenoxy) is 1. The molecule has 18 heavy (non-hydrogen) atoms. The van der Waals surface area contributed by atoms with Crippen LogP contribution < -0.4 is 4.74 Å². The Hall–Kier alpha value is -1.29. The zero-order valence-electron chi connectivity index (χ0n) is 10.7. The molecule has 0 aliphatic heterocycles. The Labute approximate surface area is 112 Å². The van der Waals surface area contributed by atoms with Crippen molar-refractivity contribution in [3.63, 3.8) is 0 Å². The summed E-state index contributed by atoms with van der Waals surface area (Å²) in [7, 11) is 0. The number of hydrogen-bond donors (Lipinski definition) is 0. The van der Waals surface area contributed by atoms with E-state index in [1.165, 1.54) is 6.07 Å². The molecule has 5 heteroatoms. The molecule has 1 aromatic rings. The van der Waals surface area contributed by atoms with Gasteiger partial charge < -0.3 is 4.74 Å². The Bertz CT molecular complexity index is 409. The van der Waals surface area contributed by atoms with Gasteiger partial charge in [-0.3, -0.25) is 10.1 Å².